The van der Waals surface area contributed by atoms with E-state index in [9.17, 15) is 31.5 Å². The van der Waals surface area contributed by atoms with Gasteiger partial charge in [0.25, 0.3) is 0 Å². The lowest BCUT2D eigenvalue weighted by molar-refractivity contribution is -0.294. The molecule has 0 bridgehead atoms. The van der Waals surface area contributed by atoms with Crippen LogP contribution >= 0.6 is 0 Å². The lowest BCUT2D eigenvalue weighted by Gasteiger charge is -2.18. The summed E-state index contributed by atoms with van der Waals surface area (Å²) in [6.07, 6.45) is -6.71. The predicted molar refractivity (Wildman–Crippen MR) is 57.4 cm³/mol. The summed E-state index contributed by atoms with van der Waals surface area (Å²) in [4.78, 5) is 22.5. The van der Waals surface area contributed by atoms with Crippen molar-refractivity contribution in [1.82, 2.24) is 0 Å². The molecule has 110 valence electrons. The number of ketones is 1. The van der Waals surface area contributed by atoms with Crippen LogP contribution in [0.3, 0.4) is 0 Å². The molecule has 0 spiro atoms. The van der Waals surface area contributed by atoms with Gasteiger partial charge in [0.1, 0.15) is 6.42 Å². The fraction of sp³-hybridized carbons (Fsp3) is 0.333. The summed E-state index contributed by atoms with van der Waals surface area (Å²) >= 11 is 0. The van der Waals surface area contributed by atoms with E-state index >= 15 is 0 Å². The van der Waals surface area contributed by atoms with Gasteiger partial charge in [-0.25, -0.2) is 0 Å². The van der Waals surface area contributed by atoms with Gasteiger partial charge in [0.2, 0.25) is 0 Å². The van der Waals surface area contributed by atoms with Gasteiger partial charge in [0, 0.05) is 5.56 Å². The van der Waals surface area contributed by atoms with Crippen LogP contribution in [0.1, 0.15) is 16.8 Å². The number of benzene rings is 1. The van der Waals surface area contributed by atoms with E-state index in [1.165, 1.54) is 24.3 Å². The van der Waals surface area contributed by atoms with Crippen molar-refractivity contribution in [1.29, 1.82) is 0 Å². The molecule has 1 aromatic carbocycles. The fourth-order valence-corrected chi connectivity index (χ4v) is 1.16. The summed E-state index contributed by atoms with van der Waals surface area (Å²) in [6, 6.07) is 7.38. The maximum atomic E-state index is 12.5. The topological polar surface area (TPSA) is 43.4 Å². The lowest BCUT2D eigenvalue weighted by atomic mass is 10.1. The molecule has 1 aromatic rings. The first kappa shape index (κ1) is 16.1. The number of hydrogen-bond acceptors (Lipinski definition) is 3. The number of rotatable bonds is 5. The number of ether oxygens (including phenoxy) is 1. The molecule has 3 nitrogen and oxygen atoms in total. The van der Waals surface area contributed by atoms with Crippen LogP contribution in [0.15, 0.2) is 30.3 Å². The minimum absolute atomic E-state index is 0.132. The lowest BCUT2D eigenvalue weighted by Crippen LogP contribution is -2.41. The molecule has 0 aromatic heterocycles. The third kappa shape index (κ3) is 4.29. The summed E-state index contributed by atoms with van der Waals surface area (Å²) in [5, 5.41) is 0. The van der Waals surface area contributed by atoms with E-state index in [0.717, 1.165) is 0 Å². The monoisotopic (exact) mass is 296 g/mol. The van der Waals surface area contributed by atoms with E-state index < -0.39 is 36.9 Å². The van der Waals surface area contributed by atoms with Gasteiger partial charge in [-0.2, -0.15) is 22.0 Å². The van der Waals surface area contributed by atoms with Crippen LogP contribution in [-0.4, -0.2) is 30.5 Å². The van der Waals surface area contributed by atoms with Crippen molar-refractivity contribution >= 4 is 11.8 Å². The Hall–Kier alpha value is -1.99. The van der Waals surface area contributed by atoms with Crippen molar-refractivity contribution in [2.45, 2.75) is 18.5 Å². The second kappa shape index (κ2) is 5.98. The first-order valence-corrected chi connectivity index (χ1v) is 5.32. The third-order valence-electron chi connectivity index (χ3n) is 2.23. The molecule has 0 aliphatic carbocycles. The molecule has 0 saturated carbocycles. The summed E-state index contributed by atoms with van der Waals surface area (Å²) in [6.45, 7) is -2.14. The van der Waals surface area contributed by atoms with Gasteiger partial charge in [0.05, 0.1) is 0 Å². The molecule has 0 fully saturated rings. The van der Waals surface area contributed by atoms with E-state index in [0.29, 0.717) is 0 Å². The highest BCUT2D eigenvalue weighted by Gasteiger charge is 2.58. The van der Waals surface area contributed by atoms with Gasteiger partial charge in [-0.1, -0.05) is 30.3 Å². The van der Waals surface area contributed by atoms with Crippen molar-refractivity contribution in [2.24, 2.45) is 0 Å². The maximum absolute atomic E-state index is 12.5. The molecule has 1 rings (SSSR count). The minimum atomic E-state index is -5.81. The standard InChI is InChI=1S/C12H9F5O3/c13-11(14,12(15,16)17)7-20-10(19)6-9(18)8-4-2-1-3-5-8/h1-5H,6-7H2. The Labute approximate surface area is 110 Å². The zero-order valence-electron chi connectivity index (χ0n) is 9.92. The normalized spacial score (nSPS) is 12.1. The molecule has 0 aliphatic rings. The zero-order chi connectivity index (χ0) is 15.4. The molecule has 0 radical (unpaired) electrons. The van der Waals surface area contributed by atoms with Crippen LogP contribution in [0, 0.1) is 0 Å². The van der Waals surface area contributed by atoms with E-state index in [1.807, 2.05) is 0 Å². The van der Waals surface area contributed by atoms with Gasteiger partial charge in [0.15, 0.2) is 12.4 Å². The van der Waals surface area contributed by atoms with Gasteiger partial charge in [-0.3, -0.25) is 9.59 Å². The highest BCUT2D eigenvalue weighted by Crippen LogP contribution is 2.35. The number of alkyl halides is 5. The Morgan fingerprint density at radius 3 is 2.05 bits per heavy atom. The first-order valence-electron chi connectivity index (χ1n) is 5.32. The summed E-state index contributed by atoms with van der Waals surface area (Å²) in [5.74, 6) is -7.31. The van der Waals surface area contributed by atoms with Crippen LogP contribution in [0.2, 0.25) is 0 Å². The Morgan fingerprint density at radius 2 is 1.55 bits per heavy atom. The number of halogens is 5. The Morgan fingerprint density at radius 1 is 1.00 bits per heavy atom. The smallest absolute Gasteiger partial charge is 0.456 e. The van der Waals surface area contributed by atoms with Crippen molar-refractivity contribution in [3.8, 4) is 0 Å². The van der Waals surface area contributed by atoms with Crippen LogP contribution in [0.25, 0.3) is 0 Å². The summed E-state index contributed by atoms with van der Waals surface area (Å²) < 4.78 is 64.1. The molecule has 0 aliphatic heterocycles. The van der Waals surface area contributed by atoms with Crippen molar-refractivity contribution in [3.63, 3.8) is 0 Å². The molecule has 0 unspecified atom stereocenters. The van der Waals surface area contributed by atoms with Gasteiger partial charge < -0.3 is 4.74 Å². The molecule has 8 heteroatoms. The molecule has 0 saturated heterocycles. The summed E-state index contributed by atoms with van der Waals surface area (Å²) in [7, 11) is 0. The molecule has 0 amide bonds. The SMILES string of the molecule is O=C(CC(=O)c1ccccc1)OCC(F)(F)C(F)(F)F. The van der Waals surface area contributed by atoms with Crippen LogP contribution in [0.5, 0.6) is 0 Å². The fourth-order valence-electron chi connectivity index (χ4n) is 1.16. The zero-order valence-corrected chi connectivity index (χ0v) is 9.92. The second-order valence-electron chi connectivity index (χ2n) is 3.83. The average Bonchev–Trinajstić information content (AvgIpc) is 2.36. The largest absolute Gasteiger partial charge is 0.459 e. The van der Waals surface area contributed by atoms with Crippen molar-refractivity contribution in [3.05, 3.63) is 35.9 Å². The molecule has 0 atom stereocenters. The van der Waals surface area contributed by atoms with E-state index in [2.05, 4.69) is 4.74 Å². The Kier molecular flexibility index (Phi) is 4.80. The van der Waals surface area contributed by atoms with Crippen LogP contribution < -0.4 is 0 Å². The van der Waals surface area contributed by atoms with E-state index in [4.69, 9.17) is 0 Å². The molecule has 0 N–H and O–H groups in total. The molecular formula is C12H9F5O3. The Bertz CT molecular complexity index is 482. The van der Waals surface area contributed by atoms with Crippen molar-refractivity contribution in [2.75, 3.05) is 6.61 Å². The number of Topliss-reactive ketones (excluding diaryl/α,β-unsaturated/α-hetero) is 1. The molecule has 20 heavy (non-hydrogen) atoms. The molecular weight excluding hydrogens is 287 g/mol. The highest BCUT2D eigenvalue weighted by molar-refractivity contribution is 6.05. The quantitative estimate of drug-likeness (QED) is 0.363. The summed E-state index contributed by atoms with van der Waals surface area (Å²) in [5.41, 5.74) is 0.132. The highest BCUT2D eigenvalue weighted by atomic mass is 19.4. The van der Waals surface area contributed by atoms with Crippen molar-refractivity contribution < 1.29 is 36.3 Å². The molecule has 0 heterocycles. The average molecular weight is 296 g/mol. The second-order valence-corrected chi connectivity index (χ2v) is 3.83. The first-order chi connectivity index (χ1) is 9.13. The van der Waals surface area contributed by atoms with Crippen LogP contribution in [-0.2, 0) is 9.53 Å². The number of carbonyl (C=O) groups excluding carboxylic acids is 2. The minimum Gasteiger partial charge on any atom is -0.459 e. The third-order valence-corrected chi connectivity index (χ3v) is 2.23. The van der Waals surface area contributed by atoms with Crippen LogP contribution in [0.4, 0.5) is 22.0 Å². The van der Waals surface area contributed by atoms with Gasteiger partial charge in [-0.05, 0) is 0 Å². The number of carbonyl (C=O) groups is 2. The predicted octanol–water partition coefficient (Wildman–Crippen LogP) is 3.00. The van der Waals surface area contributed by atoms with E-state index in [1.54, 1.807) is 6.07 Å². The Balaban J connectivity index is 2.51. The number of hydrogen-bond donors (Lipinski definition) is 0. The van der Waals surface area contributed by atoms with Gasteiger partial charge >= 0.3 is 18.1 Å². The van der Waals surface area contributed by atoms with E-state index in [-0.39, 0.29) is 5.56 Å². The maximum Gasteiger partial charge on any atom is 0.456 e. The number of esters is 1. The van der Waals surface area contributed by atoms with Gasteiger partial charge in [-0.15, -0.1) is 0 Å².